The molecule has 0 aromatic heterocycles. The highest BCUT2D eigenvalue weighted by molar-refractivity contribution is 5.65. The maximum Gasteiger partial charge on any atom is 0.514 e. The van der Waals surface area contributed by atoms with Gasteiger partial charge in [-0.1, -0.05) is 45.4 Å². The smallest absolute Gasteiger partial charge is 0.428 e. The quantitative estimate of drug-likeness (QED) is 0.372. The third-order valence-corrected chi connectivity index (χ3v) is 3.87. The highest BCUT2D eigenvalue weighted by Gasteiger charge is 2.34. The lowest BCUT2D eigenvalue weighted by molar-refractivity contribution is 0.0206. The van der Waals surface area contributed by atoms with Crippen LogP contribution in [0.4, 0.5) is 4.79 Å². The Kier molecular flexibility index (Phi) is 6.04. The van der Waals surface area contributed by atoms with Crippen molar-refractivity contribution in [1.82, 2.24) is 0 Å². The number of allylic oxidation sites excluding steroid dienone is 2. The van der Waals surface area contributed by atoms with Gasteiger partial charge in [-0.3, -0.25) is 0 Å². The summed E-state index contributed by atoms with van der Waals surface area (Å²) in [7, 11) is 0. The molecule has 0 aliphatic heterocycles. The molecule has 0 amide bonds. The van der Waals surface area contributed by atoms with Gasteiger partial charge in [-0.15, -0.1) is 0 Å². The molecule has 0 radical (unpaired) electrons. The predicted octanol–water partition coefficient (Wildman–Crippen LogP) is 5.81. The first-order chi connectivity index (χ1) is 10.6. The van der Waals surface area contributed by atoms with E-state index >= 15 is 0 Å². The maximum atomic E-state index is 11.7. The Morgan fingerprint density at radius 3 is 2.35 bits per heavy atom. The number of ether oxygens (including phenoxy) is 2. The number of fused-ring (bicyclic) bond motifs is 1. The summed E-state index contributed by atoms with van der Waals surface area (Å²) in [4.78, 5) is 11.7. The number of benzene rings is 1. The molecule has 3 nitrogen and oxygen atoms in total. The van der Waals surface area contributed by atoms with Gasteiger partial charge in [0.2, 0.25) is 0 Å². The fourth-order valence-electron chi connectivity index (χ4n) is 2.82. The zero-order valence-corrected chi connectivity index (χ0v) is 15.7. The first-order valence-corrected chi connectivity index (χ1v) is 8.33. The van der Waals surface area contributed by atoms with Crippen LogP contribution in [-0.2, 0) is 16.6 Å². The van der Waals surface area contributed by atoms with Gasteiger partial charge in [0, 0.05) is 5.41 Å². The Morgan fingerprint density at radius 2 is 1.83 bits per heavy atom. The first-order valence-electron chi connectivity index (χ1n) is 8.33. The van der Waals surface area contributed by atoms with Gasteiger partial charge in [0.25, 0.3) is 0 Å². The highest BCUT2D eigenvalue weighted by Crippen LogP contribution is 2.43. The van der Waals surface area contributed by atoms with E-state index < -0.39 is 11.8 Å². The van der Waals surface area contributed by atoms with Crippen molar-refractivity contribution < 1.29 is 14.3 Å². The molecule has 1 aliphatic carbocycles. The van der Waals surface area contributed by atoms with Crippen LogP contribution in [0.5, 0.6) is 5.75 Å². The zero-order valence-electron chi connectivity index (χ0n) is 15.7. The van der Waals surface area contributed by atoms with Crippen LogP contribution >= 0.6 is 0 Å². The second kappa shape index (κ2) is 7.20. The van der Waals surface area contributed by atoms with Gasteiger partial charge in [0.1, 0.15) is 11.4 Å². The standard InChI is InChI=1S/C18H24O3.C2H6/c1-7-13-10-12-11-14(8-9-15(12)18(13,5)6)20-16(19)21-17(2,3)4;1-2/h7-9,11H,10H2,1-6H3;1-2H3. The molecule has 0 heterocycles. The molecule has 3 heteroatoms. The largest absolute Gasteiger partial charge is 0.514 e. The fourth-order valence-corrected chi connectivity index (χ4v) is 2.82. The van der Waals surface area contributed by atoms with E-state index in [9.17, 15) is 4.79 Å². The Morgan fingerprint density at radius 1 is 1.22 bits per heavy atom. The summed E-state index contributed by atoms with van der Waals surface area (Å²) in [5, 5.41) is 0. The van der Waals surface area contributed by atoms with Gasteiger partial charge in [-0.2, -0.15) is 0 Å². The minimum atomic E-state index is -0.661. The van der Waals surface area contributed by atoms with Crippen molar-refractivity contribution in [2.45, 2.75) is 72.8 Å². The van der Waals surface area contributed by atoms with E-state index in [1.807, 2.05) is 52.8 Å². The molecule has 0 atom stereocenters. The average molecular weight is 318 g/mol. The summed E-state index contributed by atoms with van der Waals surface area (Å²) in [6, 6.07) is 5.83. The van der Waals surface area contributed by atoms with Crippen LogP contribution in [0.1, 0.15) is 66.5 Å². The summed E-state index contributed by atoms with van der Waals surface area (Å²) in [5.41, 5.74) is 3.41. The third-order valence-electron chi connectivity index (χ3n) is 3.87. The normalized spacial score (nSPS) is 17.1. The van der Waals surface area contributed by atoms with Crippen molar-refractivity contribution in [2.24, 2.45) is 0 Å². The van der Waals surface area contributed by atoms with E-state index in [0.717, 1.165) is 6.42 Å². The van der Waals surface area contributed by atoms with Crippen molar-refractivity contribution in [1.29, 1.82) is 0 Å². The highest BCUT2D eigenvalue weighted by atomic mass is 16.7. The van der Waals surface area contributed by atoms with Crippen molar-refractivity contribution in [3.63, 3.8) is 0 Å². The summed E-state index contributed by atoms with van der Waals surface area (Å²) < 4.78 is 10.4. The zero-order chi connectivity index (χ0) is 17.8. The van der Waals surface area contributed by atoms with Crippen LogP contribution in [0.15, 0.2) is 29.8 Å². The summed E-state index contributed by atoms with van der Waals surface area (Å²) in [5.74, 6) is 0.538. The van der Waals surface area contributed by atoms with Gasteiger partial charge in [-0.25, -0.2) is 4.79 Å². The SMILES string of the molecule is CC.CC=C1Cc2cc(OC(=O)OC(C)(C)C)ccc2C1(C)C. The average Bonchev–Trinajstić information content (AvgIpc) is 2.69. The summed E-state index contributed by atoms with van der Waals surface area (Å²) in [6.07, 6.45) is 2.42. The second-order valence-electron chi connectivity index (χ2n) is 7.00. The van der Waals surface area contributed by atoms with Gasteiger partial charge in [0.05, 0.1) is 0 Å². The molecule has 0 saturated heterocycles. The number of hydrogen-bond acceptors (Lipinski definition) is 3. The van der Waals surface area contributed by atoms with Crippen molar-refractivity contribution in [2.75, 3.05) is 0 Å². The molecule has 0 bridgehead atoms. The van der Waals surface area contributed by atoms with Crippen LogP contribution < -0.4 is 4.74 Å². The molecule has 128 valence electrons. The molecule has 1 aromatic carbocycles. The van der Waals surface area contributed by atoms with E-state index in [1.165, 1.54) is 16.7 Å². The van der Waals surface area contributed by atoms with E-state index in [2.05, 4.69) is 26.8 Å². The first kappa shape index (κ1) is 19.3. The van der Waals surface area contributed by atoms with Crippen LogP contribution in [0.3, 0.4) is 0 Å². The Bertz CT molecular complexity index is 589. The molecule has 2 rings (SSSR count). The van der Waals surface area contributed by atoms with E-state index in [1.54, 1.807) is 0 Å². The van der Waals surface area contributed by atoms with Crippen molar-refractivity contribution >= 4 is 6.16 Å². The molecule has 0 saturated carbocycles. The molecule has 1 aliphatic rings. The maximum absolute atomic E-state index is 11.7. The number of rotatable bonds is 1. The molecule has 0 fully saturated rings. The molecular formula is C20H30O3. The number of carbonyl (C=O) groups excluding carboxylic acids is 1. The van der Waals surface area contributed by atoms with Gasteiger partial charge in [-0.05, 0) is 57.4 Å². The lowest BCUT2D eigenvalue weighted by Crippen LogP contribution is -2.26. The molecule has 0 unspecified atom stereocenters. The van der Waals surface area contributed by atoms with Crippen molar-refractivity contribution in [3.8, 4) is 5.75 Å². The summed E-state index contributed by atoms with van der Waals surface area (Å²) in [6.45, 7) is 16.0. The third kappa shape index (κ3) is 4.60. The van der Waals surface area contributed by atoms with Crippen LogP contribution in [0.2, 0.25) is 0 Å². The summed E-state index contributed by atoms with van der Waals surface area (Å²) >= 11 is 0. The second-order valence-corrected chi connectivity index (χ2v) is 7.00. The van der Waals surface area contributed by atoms with Gasteiger partial charge >= 0.3 is 6.16 Å². The molecular weight excluding hydrogens is 288 g/mol. The Balaban J connectivity index is 0.00000127. The minimum absolute atomic E-state index is 0.0501. The Labute approximate surface area is 140 Å². The van der Waals surface area contributed by atoms with E-state index in [-0.39, 0.29) is 5.41 Å². The van der Waals surface area contributed by atoms with Crippen LogP contribution in [0, 0.1) is 0 Å². The monoisotopic (exact) mass is 318 g/mol. The van der Waals surface area contributed by atoms with E-state index in [0.29, 0.717) is 5.75 Å². The van der Waals surface area contributed by atoms with Crippen molar-refractivity contribution in [3.05, 3.63) is 41.0 Å². The van der Waals surface area contributed by atoms with Crippen LogP contribution in [-0.4, -0.2) is 11.8 Å². The predicted molar refractivity (Wildman–Crippen MR) is 95.1 cm³/mol. The molecule has 0 spiro atoms. The van der Waals surface area contributed by atoms with Gasteiger partial charge in [0.15, 0.2) is 0 Å². The molecule has 1 aromatic rings. The fraction of sp³-hybridized carbons (Fsp3) is 0.550. The topological polar surface area (TPSA) is 35.5 Å². The lowest BCUT2D eigenvalue weighted by atomic mass is 9.83. The lowest BCUT2D eigenvalue weighted by Gasteiger charge is -2.22. The van der Waals surface area contributed by atoms with Gasteiger partial charge < -0.3 is 9.47 Å². The van der Waals surface area contributed by atoms with Crippen LogP contribution in [0.25, 0.3) is 0 Å². The number of carbonyl (C=O) groups is 1. The molecule has 0 N–H and O–H groups in total. The number of hydrogen-bond donors (Lipinski definition) is 0. The Hall–Kier alpha value is -1.77. The van der Waals surface area contributed by atoms with E-state index in [4.69, 9.17) is 9.47 Å². The minimum Gasteiger partial charge on any atom is -0.428 e. The molecule has 23 heavy (non-hydrogen) atoms.